The van der Waals surface area contributed by atoms with Crippen molar-refractivity contribution >= 4 is 30.0 Å². The van der Waals surface area contributed by atoms with Crippen LogP contribution in [0.15, 0.2) is 24.3 Å². The molecular weight excluding hydrogens is 310 g/mol. The first-order valence-electron chi connectivity index (χ1n) is 6.74. The molecule has 0 saturated carbocycles. The molecule has 1 saturated heterocycles. The predicted octanol–water partition coefficient (Wildman–Crippen LogP) is 1.96. The minimum absolute atomic E-state index is 0. The highest BCUT2D eigenvalue weighted by molar-refractivity contribution is 5.88. The maximum absolute atomic E-state index is 11.9. The highest BCUT2D eigenvalue weighted by atomic mass is 35.5. The van der Waals surface area contributed by atoms with Crippen molar-refractivity contribution in [2.75, 3.05) is 32.2 Å². The van der Waals surface area contributed by atoms with E-state index >= 15 is 0 Å². The number of carboxylic acid groups (broad SMARTS) is 1. The van der Waals surface area contributed by atoms with Crippen molar-refractivity contribution in [1.82, 2.24) is 0 Å². The quantitative estimate of drug-likeness (QED) is 0.851. The highest BCUT2D eigenvalue weighted by Gasteiger charge is 2.42. The highest BCUT2D eigenvalue weighted by Crippen LogP contribution is 2.30. The molecule has 0 aliphatic carbocycles. The van der Waals surface area contributed by atoms with Gasteiger partial charge in [-0.2, -0.15) is 0 Å². The summed E-state index contributed by atoms with van der Waals surface area (Å²) in [6.07, 6.45) is 1.08. The monoisotopic (exact) mass is 329 g/mol. The second-order valence-electron chi connectivity index (χ2n) is 5.03. The minimum atomic E-state index is -0.940. The van der Waals surface area contributed by atoms with Gasteiger partial charge in [-0.3, -0.25) is 0 Å². The number of halogens is 1. The van der Waals surface area contributed by atoms with Crippen LogP contribution >= 0.6 is 12.4 Å². The Balaban J connectivity index is 0.00000242. The van der Waals surface area contributed by atoms with E-state index in [2.05, 4.69) is 4.90 Å². The van der Waals surface area contributed by atoms with Gasteiger partial charge in [-0.25, -0.2) is 9.59 Å². The van der Waals surface area contributed by atoms with Gasteiger partial charge in [-0.15, -0.1) is 12.4 Å². The Kier molecular flexibility index (Phi) is 6.20. The summed E-state index contributed by atoms with van der Waals surface area (Å²) in [6.45, 7) is 1.30. The van der Waals surface area contributed by atoms with E-state index in [0.717, 1.165) is 5.69 Å². The number of benzene rings is 1. The average Bonchev–Trinajstić information content (AvgIpc) is 2.54. The van der Waals surface area contributed by atoms with E-state index in [1.165, 1.54) is 14.2 Å². The molecule has 122 valence electrons. The number of hydrogen-bond acceptors (Lipinski definition) is 5. The number of methoxy groups -OCH3 is 2. The fourth-order valence-corrected chi connectivity index (χ4v) is 2.62. The first-order valence-corrected chi connectivity index (χ1v) is 6.74. The Morgan fingerprint density at radius 1 is 1.14 bits per heavy atom. The molecule has 1 fully saturated rings. The van der Waals surface area contributed by atoms with Gasteiger partial charge in [0.1, 0.15) is 0 Å². The Hall–Kier alpha value is -1.79. The molecule has 0 amide bonds. The molecule has 1 aromatic rings. The van der Waals surface area contributed by atoms with Crippen LogP contribution < -0.4 is 4.90 Å². The van der Waals surface area contributed by atoms with Crippen molar-refractivity contribution in [3.05, 3.63) is 29.8 Å². The second-order valence-corrected chi connectivity index (χ2v) is 5.03. The largest absolute Gasteiger partial charge is 0.478 e. The number of nitrogens with zero attached hydrogens (tertiary/aromatic N) is 1. The maximum Gasteiger partial charge on any atom is 0.338 e. The predicted molar refractivity (Wildman–Crippen MR) is 83.9 cm³/mol. The van der Waals surface area contributed by atoms with Crippen LogP contribution in [0, 0.1) is 0 Å². The summed E-state index contributed by atoms with van der Waals surface area (Å²) in [4.78, 5) is 24.8. The fourth-order valence-electron chi connectivity index (χ4n) is 2.62. The molecule has 6 nitrogen and oxygen atoms in total. The third-order valence-corrected chi connectivity index (χ3v) is 4.00. The number of anilines is 1. The van der Waals surface area contributed by atoms with Gasteiger partial charge in [0.2, 0.25) is 0 Å². The fraction of sp³-hybridized carbons (Fsp3) is 0.467. The molecule has 1 aromatic carbocycles. The smallest absolute Gasteiger partial charge is 0.338 e. The lowest BCUT2D eigenvalue weighted by molar-refractivity contribution is -0.168. The maximum atomic E-state index is 11.9. The van der Waals surface area contributed by atoms with Crippen LogP contribution in [0.25, 0.3) is 0 Å². The van der Waals surface area contributed by atoms with E-state index in [4.69, 9.17) is 14.6 Å². The van der Waals surface area contributed by atoms with Crippen LogP contribution in [0.4, 0.5) is 5.69 Å². The van der Waals surface area contributed by atoms with Gasteiger partial charge in [-0.1, -0.05) is 0 Å². The lowest BCUT2D eigenvalue weighted by atomic mass is 9.91. The number of hydrogen-bond donors (Lipinski definition) is 1. The molecular formula is C15H20ClNO5. The van der Waals surface area contributed by atoms with Crippen LogP contribution in [-0.2, 0) is 14.3 Å². The summed E-state index contributed by atoms with van der Waals surface area (Å²) < 4.78 is 10.2. The zero-order valence-corrected chi connectivity index (χ0v) is 13.4. The lowest BCUT2D eigenvalue weighted by Gasteiger charge is -2.39. The van der Waals surface area contributed by atoms with E-state index in [1.54, 1.807) is 24.3 Å². The summed E-state index contributed by atoms with van der Waals surface area (Å²) in [7, 11) is 2.88. The average molecular weight is 330 g/mol. The van der Waals surface area contributed by atoms with Gasteiger partial charge in [0.05, 0.1) is 12.7 Å². The number of piperidine rings is 1. The molecule has 7 heteroatoms. The lowest BCUT2D eigenvalue weighted by Crippen LogP contribution is -2.51. The van der Waals surface area contributed by atoms with Crippen molar-refractivity contribution in [2.24, 2.45) is 0 Å². The van der Waals surface area contributed by atoms with Gasteiger partial charge in [0, 0.05) is 38.7 Å². The van der Waals surface area contributed by atoms with Crippen LogP contribution in [-0.4, -0.2) is 50.0 Å². The van der Waals surface area contributed by atoms with E-state index < -0.39 is 11.6 Å². The van der Waals surface area contributed by atoms with Gasteiger partial charge >= 0.3 is 11.9 Å². The zero-order chi connectivity index (χ0) is 15.5. The zero-order valence-electron chi connectivity index (χ0n) is 12.6. The van der Waals surface area contributed by atoms with E-state index in [1.807, 2.05) is 0 Å². The van der Waals surface area contributed by atoms with Gasteiger partial charge < -0.3 is 19.5 Å². The number of carboxylic acids is 1. The molecule has 2 rings (SSSR count). The van der Waals surface area contributed by atoms with Crippen LogP contribution in [0.3, 0.4) is 0 Å². The van der Waals surface area contributed by atoms with Crippen molar-refractivity contribution in [2.45, 2.75) is 18.4 Å². The van der Waals surface area contributed by atoms with E-state index in [9.17, 15) is 9.59 Å². The molecule has 0 atom stereocenters. The summed E-state index contributed by atoms with van der Waals surface area (Å²) in [5, 5.41) is 8.89. The third-order valence-electron chi connectivity index (χ3n) is 4.00. The topological polar surface area (TPSA) is 76.1 Å². The number of carbonyl (C=O) groups excluding carboxylic acids is 1. The molecule has 0 unspecified atom stereocenters. The molecule has 0 aromatic heterocycles. The number of carbonyl (C=O) groups is 2. The minimum Gasteiger partial charge on any atom is -0.478 e. The Bertz CT molecular complexity index is 523. The molecule has 1 aliphatic heterocycles. The summed E-state index contributed by atoms with van der Waals surface area (Å²) in [6, 6.07) is 6.72. The van der Waals surface area contributed by atoms with E-state index in [0.29, 0.717) is 25.9 Å². The first kappa shape index (κ1) is 18.3. The number of esters is 1. The second kappa shape index (κ2) is 7.47. The van der Waals surface area contributed by atoms with E-state index in [-0.39, 0.29) is 23.9 Å². The number of rotatable bonds is 4. The SMILES string of the molecule is COC(=O)C1(OC)CCN(c2ccc(C(=O)O)cc2)CC1.Cl. The molecule has 0 spiro atoms. The van der Waals surface area contributed by atoms with Gasteiger partial charge in [0.15, 0.2) is 5.60 Å². The molecule has 1 N–H and O–H groups in total. The first-order chi connectivity index (χ1) is 10.0. The van der Waals surface area contributed by atoms with Crippen molar-refractivity contribution in [3.63, 3.8) is 0 Å². The summed E-state index contributed by atoms with van der Waals surface area (Å²) >= 11 is 0. The Labute approximate surface area is 135 Å². The van der Waals surface area contributed by atoms with Crippen molar-refractivity contribution in [3.8, 4) is 0 Å². The summed E-state index contributed by atoms with van der Waals surface area (Å²) in [5.41, 5.74) is 0.331. The van der Waals surface area contributed by atoms with Crippen molar-refractivity contribution in [1.29, 1.82) is 0 Å². The van der Waals surface area contributed by atoms with Crippen LogP contribution in [0.2, 0.25) is 0 Å². The number of ether oxygens (including phenoxy) is 2. The van der Waals surface area contributed by atoms with Crippen molar-refractivity contribution < 1.29 is 24.2 Å². The Morgan fingerprint density at radius 3 is 2.09 bits per heavy atom. The van der Waals surface area contributed by atoms with Gasteiger partial charge in [-0.05, 0) is 24.3 Å². The standard InChI is InChI=1S/C15H19NO5.ClH/c1-20-14(19)15(21-2)7-9-16(10-8-15)12-5-3-11(4-6-12)13(17)18;/h3-6H,7-10H2,1-2H3,(H,17,18);1H. The van der Waals surface area contributed by atoms with Gasteiger partial charge in [0.25, 0.3) is 0 Å². The normalized spacial score (nSPS) is 16.5. The molecule has 0 radical (unpaired) electrons. The molecule has 22 heavy (non-hydrogen) atoms. The Morgan fingerprint density at radius 2 is 1.68 bits per heavy atom. The van der Waals surface area contributed by atoms with Crippen LogP contribution in [0.5, 0.6) is 0 Å². The van der Waals surface area contributed by atoms with Crippen LogP contribution in [0.1, 0.15) is 23.2 Å². The molecule has 0 bridgehead atoms. The third kappa shape index (κ3) is 3.51. The summed E-state index contributed by atoms with van der Waals surface area (Å²) in [5.74, 6) is -1.28. The molecule has 1 heterocycles. The number of aromatic carboxylic acids is 1. The molecule has 1 aliphatic rings.